The summed E-state index contributed by atoms with van der Waals surface area (Å²) in [5.74, 6) is 0.224. The van der Waals surface area contributed by atoms with Crippen LogP contribution in [0.15, 0.2) is 42.7 Å². The van der Waals surface area contributed by atoms with Crippen molar-refractivity contribution in [1.29, 1.82) is 0 Å². The molecule has 124 valence electrons. The third-order valence-electron chi connectivity index (χ3n) is 3.88. The zero-order valence-corrected chi connectivity index (χ0v) is 14.5. The molecule has 4 nitrogen and oxygen atoms in total. The van der Waals surface area contributed by atoms with Crippen molar-refractivity contribution in [3.63, 3.8) is 0 Å². The van der Waals surface area contributed by atoms with Gasteiger partial charge in [0.05, 0.1) is 5.56 Å². The van der Waals surface area contributed by atoms with Gasteiger partial charge in [-0.05, 0) is 37.6 Å². The fraction of sp³-hybridized carbons (Fsp3) is 0.222. The summed E-state index contributed by atoms with van der Waals surface area (Å²) in [6.45, 7) is 3.91. The van der Waals surface area contributed by atoms with E-state index in [4.69, 9.17) is 0 Å². The van der Waals surface area contributed by atoms with Crippen LogP contribution in [0.5, 0.6) is 0 Å². The molecular weight excluding hydrogens is 325 g/mol. The van der Waals surface area contributed by atoms with Gasteiger partial charge in [-0.15, -0.1) is 11.3 Å². The van der Waals surface area contributed by atoms with Crippen LogP contribution in [0.25, 0.3) is 0 Å². The molecule has 1 unspecified atom stereocenters. The first-order valence-corrected chi connectivity index (χ1v) is 8.38. The first-order valence-electron chi connectivity index (χ1n) is 7.56. The van der Waals surface area contributed by atoms with Crippen LogP contribution < -0.4 is 5.32 Å². The number of thiophene rings is 1. The fourth-order valence-corrected chi connectivity index (χ4v) is 3.59. The first kappa shape index (κ1) is 16.4. The Balaban J connectivity index is 1.96. The number of nitrogens with one attached hydrogen (secondary N) is 1. The maximum absolute atomic E-state index is 13.2. The van der Waals surface area contributed by atoms with Gasteiger partial charge in [0.1, 0.15) is 17.7 Å². The fourth-order valence-electron chi connectivity index (χ4n) is 2.67. The van der Waals surface area contributed by atoms with Gasteiger partial charge in [-0.2, -0.15) is 0 Å². The number of aryl methyl sites for hydroxylation is 3. The van der Waals surface area contributed by atoms with Crippen molar-refractivity contribution < 1.29 is 9.18 Å². The highest BCUT2D eigenvalue weighted by Gasteiger charge is 2.23. The summed E-state index contributed by atoms with van der Waals surface area (Å²) in [4.78, 5) is 19.1. The SMILES string of the molecule is Cc1cc(C(=O)NC(c2ccc(F)cc2)c2nccn2C)c(C)s1. The Bertz CT molecular complexity index is 867. The zero-order chi connectivity index (χ0) is 17.3. The van der Waals surface area contributed by atoms with Crippen molar-refractivity contribution in [1.82, 2.24) is 14.9 Å². The van der Waals surface area contributed by atoms with Crippen molar-refractivity contribution in [3.8, 4) is 0 Å². The van der Waals surface area contributed by atoms with E-state index in [1.54, 1.807) is 29.7 Å². The van der Waals surface area contributed by atoms with Gasteiger partial charge in [0, 0.05) is 29.2 Å². The lowest BCUT2D eigenvalue weighted by atomic mass is 10.1. The van der Waals surface area contributed by atoms with Crippen LogP contribution in [-0.2, 0) is 7.05 Å². The van der Waals surface area contributed by atoms with Gasteiger partial charge in [0.15, 0.2) is 0 Å². The summed E-state index contributed by atoms with van der Waals surface area (Å²) in [5.41, 5.74) is 1.45. The summed E-state index contributed by atoms with van der Waals surface area (Å²) in [7, 11) is 1.87. The van der Waals surface area contributed by atoms with Crippen LogP contribution >= 0.6 is 11.3 Å². The van der Waals surface area contributed by atoms with Crippen LogP contribution in [0.1, 0.15) is 37.5 Å². The monoisotopic (exact) mass is 343 g/mol. The minimum Gasteiger partial charge on any atom is -0.338 e. The van der Waals surface area contributed by atoms with Crippen molar-refractivity contribution in [3.05, 3.63) is 75.2 Å². The molecule has 1 amide bonds. The molecule has 0 saturated heterocycles. The molecule has 0 radical (unpaired) electrons. The highest BCUT2D eigenvalue weighted by atomic mass is 32.1. The Labute approximate surface area is 144 Å². The number of carbonyl (C=O) groups is 1. The van der Waals surface area contributed by atoms with Gasteiger partial charge in [-0.25, -0.2) is 9.37 Å². The second-order valence-electron chi connectivity index (χ2n) is 5.68. The lowest BCUT2D eigenvalue weighted by molar-refractivity contribution is 0.0941. The number of nitrogens with zero attached hydrogens (tertiary/aromatic N) is 2. The molecule has 1 N–H and O–H groups in total. The molecule has 1 aromatic carbocycles. The summed E-state index contributed by atoms with van der Waals surface area (Å²) in [6.07, 6.45) is 3.50. The van der Waals surface area contributed by atoms with Crippen molar-refractivity contribution in [2.24, 2.45) is 7.05 Å². The van der Waals surface area contributed by atoms with E-state index in [1.807, 2.05) is 37.7 Å². The Morgan fingerprint density at radius 1 is 1.29 bits per heavy atom. The maximum Gasteiger partial charge on any atom is 0.253 e. The number of rotatable bonds is 4. The number of amides is 1. The van der Waals surface area contributed by atoms with Crippen molar-refractivity contribution in [2.45, 2.75) is 19.9 Å². The van der Waals surface area contributed by atoms with E-state index in [0.717, 1.165) is 15.3 Å². The summed E-state index contributed by atoms with van der Waals surface area (Å²) < 4.78 is 15.1. The van der Waals surface area contributed by atoms with Crippen LogP contribution in [-0.4, -0.2) is 15.5 Å². The van der Waals surface area contributed by atoms with E-state index in [-0.39, 0.29) is 11.7 Å². The lowest BCUT2D eigenvalue weighted by Gasteiger charge is -2.19. The number of benzene rings is 1. The Morgan fingerprint density at radius 3 is 2.54 bits per heavy atom. The molecule has 0 fully saturated rings. The minimum atomic E-state index is -0.447. The minimum absolute atomic E-state index is 0.158. The van der Waals surface area contributed by atoms with Crippen LogP contribution in [0.2, 0.25) is 0 Å². The second kappa shape index (κ2) is 6.57. The average Bonchev–Trinajstić information content (AvgIpc) is 3.11. The molecule has 0 aliphatic rings. The average molecular weight is 343 g/mol. The van der Waals surface area contributed by atoms with Crippen LogP contribution in [0.4, 0.5) is 4.39 Å². The molecular formula is C18H18FN3OS. The topological polar surface area (TPSA) is 46.9 Å². The third kappa shape index (κ3) is 3.23. The van der Waals surface area contributed by atoms with Gasteiger partial charge < -0.3 is 9.88 Å². The molecule has 24 heavy (non-hydrogen) atoms. The highest BCUT2D eigenvalue weighted by Crippen LogP contribution is 2.24. The van der Waals surface area contributed by atoms with E-state index < -0.39 is 6.04 Å². The summed E-state index contributed by atoms with van der Waals surface area (Å²) in [6, 6.07) is 7.55. The standard InChI is InChI=1S/C18H18FN3OS/c1-11-10-15(12(2)24-11)18(23)21-16(17-20-8-9-22(17)3)13-4-6-14(19)7-5-13/h4-10,16H,1-3H3,(H,21,23). The molecule has 6 heteroatoms. The summed E-state index contributed by atoms with van der Waals surface area (Å²) >= 11 is 1.59. The number of carbonyl (C=O) groups excluding carboxylic acids is 1. The van der Waals surface area contributed by atoms with Gasteiger partial charge in [-0.1, -0.05) is 12.1 Å². The number of hydrogen-bond acceptors (Lipinski definition) is 3. The number of imidazole rings is 1. The van der Waals surface area contributed by atoms with Gasteiger partial charge in [0.2, 0.25) is 0 Å². The highest BCUT2D eigenvalue weighted by molar-refractivity contribution is 7.12. The van der Waals surface area contributed by atoms with Gasteiger partial charge >= 0.3 is 0 Å². The number of hydrogen-bond donors (Lipinski definition) is 1. The van der Waals surface area contributed by atoms with E-state index in [1.165, 1.54) is 12.1 Å². The largest absolute Gasteiger partial charge is 0.338 e. The molecule has 1 atom stereocenters. The smallest absolute Gasteiger partial charge is 0.253 e. The molecule has 0 saturated carbocycles. The van der Waals surface area contributed by atoms with Gasteiger partial charge in [0.25, 0.3) is 5.91 Å². The van der Waals surface area contributed by atoms with Gasteiger partial charge in [-0.3, -0.25) is 4.79 Å². The van der Waals surface area contributed by atoms with Crippen LogP contribution in [0.3, 0.4) is 0 Å². The Morgan fingerprint density at radius 2 is 2.00 bits per heavy atom. The number of halogens is 1. The van der Waals surface area contributed by atoms with E-state index in [0.29, 0.717) is 11.4 Å². The molecule has 0 bridgehead atoms. The second-order valence-corrected chi connectivity index (χ2v) is 7.14. The van der Waals surface area contributed by atoms with Crippen LogP contribution in [0, 0.1) is 19.7 Å². The normalized spacial score (nSPS) is 12.2. The molecule has 3 aromatic rings. The first-order chi connectivity index (χ1) is 11.5. The zero-order valence-electron chi connectivity index (χ0n) is 13.7. The quantitative estimate of drug-likeness (QED) is 0.784. The predicted molar refractivity (Wildman–Crippen MR) is 92.7 cm³/mol. The van der Waals surface area contributed by atoms with Crippen molar-refractivity contribution >= 4 is 17.2 Å². The molecule has 3 rings (SSSR count). The molecule has 2 heterocycles. The Kier molecular flexibility index (Phi) is 4.49. The maximum atomic E-state index is 13.2. The van der Waals surface area contributed by atoms with E-state index >= 15 is 0 Å². The lowest BCUT2D eigenvalue weighted by Crippen LogP contribution is -2.31. The molecule has 0 aliphatic carbocycles. The van der Waals surface area contributed by atoms with E-state index in [2.05, 4.69) is 10.3 Å². The third-order valence-corrected chi connectivity index (χ3v) is 4.85. The predicted octanol–water partition coefficient (Wildman–Crippen LogP) is 3.76. The molecule has 2 aromatic heterocycles. The van der Waals surface area contributed by atoms with E-state index in [9.17, 15) is 9.18 Å². The number of aromatic nitrogens is 2. The molecule has 0 aliphatic heterocycles. The van der Waals surface area contributed by atoms with Crippen molar-refractivity contribution in [2.75, 3.05) is 0 Å². The molecule has 0 spiro atoms. The Hall–Kier alpha value is -2.47. The summed E-state index contributed by atoms with van der Waals surface area (Å²) in [5, 5.41) is 3.03.